The molecule has 0 aromatic heterocycles. The van der Waals surface area contributed by atoms with Gasteiger partial charge in [0.1, 0.15) is 5.75 Å². The maximum atomic E-state index is 12.5. The molecule has 2 fully saturated rings. The highest BCUT2D eigenvalue weighted by molar-refractivity contribution is 5.94. The van der Waals surface area contributed by atoms with E-state index in [1.165, 1.54) is 12.1 Å². The second-order valence-electron chi connectivity index (χ2n) is 6.19. The number of hydrogen-bond acceptors (Lipinski definition) is 4. The van der Waals surface area contributed by atoms with E-state index in [-0.39, 0.29) is 23.5 Å². The van der Waals surface area contributed by atoms with Crippen molar-refractivity contribution in [3.8, 4) is 5.75 Å². The number of nitrogens with one attached hydrogen (secondary N) is 1. The molecule has 0 unspecified atom stereocenters. The summed E-state index contributed by atoms with van der Waals surface area (Å²) in [5, 5.41) is 12.6. The topological polar surface area (TPSA) is 72.9 Å². The van der Waals surface area contributed by atoms with Crippen molar-refractivity contribution in [3.63, 3.8) is 0 Å². The number of nitrogens with zero attached hydrogens (tertiary/aromatic N) is 2. The SMILES string of the molecule is O=C(c1ccc(O)cc1)N1CCN(C(=O)C2CCNCC2)CC1. The van der Waals surface area contributed by atoms with Crippen molar-refractivity contribution in [2.45, 2.75) is 12.8 Å². The maximum Gasteiger partial charge on any atom is 0.253 e. The Morgan fingerprint density at radius 1 is 0.957 bits per heavy atom. The molecule has 0 aliphatic carbocycles. The van der Waals surface area contributed by atoms with Crippen molar-refractivity contribution in [2.24, 2.45) is 5.92 Å². The molecule has 124 valence electrons. The van der Waals surface area contributed by atoms with Crippen LogP contribution in [0.25, 0.3) is 0 Å². The number of piperazine rings is 1. The Hall–Kier alpha value is -2.08. The lowest BCUT2D eigenvalue weighted by atomic mass is 9.96. The molecular formula is C17H23N3O3. The number of hydrogen-bond donors (Lipinski definition) is 2. The number of carbonyl (C=O) groups excluding carboxylic acids is 2. The van der Waals surface area contributed by atoms with Gasteiger partial charge in [0, 0.05) is 37.7 Å². The lowest BCUT2D eigenvalue weighted by molar-refractivity contribution is -0.137. The molecule has 2 heterocycles. The van der Waals surface area contributed by atoms with E-state index in [1.54, 1.807) is 17.0 Å². The molecule has 2 saturated heterocycles. The standard InChI is InChI=1S/C17H23N3O3/c21-15-3-1-13(2-4-15)16(22)19-9-11-20(12-10-19)17(23)14-5-7-18-8-6-14/h1-4,14,18,21H,5-12H2. The maximum absolute atomic E-state index is 12.5. The number of benzene rings is 1. The Morgan fingerprint density at radius 2 is 1.52 bits per heavy atom. The second-order valence-corrected chi connectivity index (χ2v) is 6.19. The third-order valence-electron chi connectivity index (χ3n) is 4.68. The van der Waals surface area contributed by atoms with Gasteiger partial charge in [-0.25, -0.2) is 0 Å². The summed E-state index contributed by atoms with van der Waals surface area (Å²) in [7, 11) is 0. The van der Waals surface area contributed by atoms with E-state index in [2.05, 4.69) is 5.32 Å². The van der Waals surface area contributed by atoms with E-state index in [1.807, 2.05) is 4.90 Å². The molecule has 2 aliphatic heterocycles. The summed E-state index contributed by atoms with van der Waals surface area (Å²) in [4.78, 5) is 28.6. The summed E-state index contributed by atoms with van der Waals surface area (Å²) in [6.07, 6.45) is 1.82. The zero-order valence-corrected chi connectivity index (χ0v) is 13.2. The molecule has 6 heteroatoms. The smallest absolute Gasteiger partial charge is 0.253 e. The normalized spacial score (nSPS) is 19.7. The van der Waals surface area contributed by atoms with Gasteiger partial charge in [-0.3, -0.25) is 9.59 Å². The van der Waals surface area contributed by atoms with Crippen LogP contribution in [0, 0.1) is 5.92 Å². The van der Waals surface area contributed by atoms with Gasteiger partial charge in [-0.1, -0.05) is 0 Å². The first-order valence-corrected chi connectivity index (χ1v) is 8.23. The van der Waals surface area contributed by atoms with Crippen LogP contribution in [0.4, 0.5) is 0 Å². The zero-order chi connectivity index (χ0) is 16.2. The van der Waals surface area contributed by atoms with Crippen molar-refractivity contribution in [2.75, 3.05) is 39.3 Å². The van der Waals surface area contributed by atoms with E-state index in [0.717, 1.165) is 25.9 Å². The van der Waals surface area contributed by atoms with Crippen LogP contribution in [-0.4, -0.2) is 66.0 Å². The minimum absolute atomic E-state index is 0.0426. The minimum Gasteiger partial charge on any atom is -0.508 e. The molecular weight excluding hydrogens is 294 g/mol. The Balaban J connectivity index is 1.54. The third kappa shape index (κ3) is 3.64. The van der Waals surface area contributed by atoms with Crippen molar-refractivity contribution in [1.82, 2.24) is 15.1 Å². The number of phenolic OH excluding ortho intramolecular Hbond substituents is 1. The Labute approximate surface area is 136 Å². The monoisotopic (exact) mass is 317 g/mol. The van der Waals surface area contributed by atoms with Crippen LogP contribution in [-0.2, 0) is 4.79 Å². The Morgan fingerprint density at radius 3 is 2.13 bits per heavy atom. The molecule has 0 radical (unpaired) electrons. The molecule has 6 nitrogen and oxygen atoms in total. The summed E-state index contributed by atoms with van der Waals surface area (Å²) in [6.45, 7) is 4.16. The fourth-order valence-corrected chi connectivity index (χ4v) is 3.24. The number of piperidine rings is 1. The summed E-state index contributed by atoms with van der Waals surface area (Å²) in [5.41, 5.74) is 0.570. The summed E-state index contributed by atoms with van der Waals surface area (Å²) in [5.74, 6) is 0.483. The van der Waals surface area contributed by atoms with Crippen LogP contribution in [0.2, 0.25) is 0 Å². The van der Waals surface area contributed by atoms with Gasteiger partial charge in [-0.2, -0.15) is 0 Å². The summed E-state index contributed by atoms with van der Waals surface area (Å²) in [6, 6.07) is 6.29. The molecule has 0 saturated carbocycles. The predicted molar refractivity (Wildman–Crippen MR) is 86.2 cm³/mol. The first kappa shape index (κ1) is 15.8. The largest absolute Gasteiger partial charge is 0.508 e. The van der Waals surface area contributed by atoms with Gasteiger partial charge in [-0.15, -0.1) is 0 Å². The number of amides is 2. The number of carbonyl (C=O) groups is 2. The van der Waals surface area contributed by atoms with E-state index < -0.39 is 0 Å². The number of rotatable bonds is 2. The first-order valence-electron chi connectivity index (χ1n) is 8.23. The fraction of sp³-hybridized carbons (Fsp3) is 0.529. The van der Waals surface area contributed by atoms with Gasteiger partial charge < -0.3 is 20.2 Å². The highest BCUT2D eigenvalue weighted by Crippen LogP contribution is 2.18. The zero-order valence-electron chi connectivity index (χ0n) is 13.2. The molecule has 0 spiro atoms. The van der Waals surface area contributed by atoms with Gasteiger partial charge in [-0.05, 0) is 50.2 Å². The lowest BCUT2D eigenvalue weighted by Gasteiger charge is -2.37. The highest BCUT2D eigenvalue weighted by Gasteiger charge is 2.29. The predicted octanol–water partition coefficient (Wildman–Crippen LogP) is 0.676. The van der Waals surface area contributed by atoms with Gasteiger partial charge in [0.15, 0.2) is 0 Å². The quantitative estimate of drug-likeness (QED) is 0.841. The van der Waals surface area contributed by atoms with E-state index in [4.69, 9.17) is 0 Å². The molecule has 0 bridgehead atoms. The van der Waals surface area contributed by atoms with Crippen LogP contribution >= 0.6 is 0 Å². The lowest BCUT2D eigenvalue weighted by Crippen LogP contribution is -2.52. The van der Waals surface area contributed by atoms with E-state index >= 15 is 0 Å². The molecule has 2 aliphatic rings. The molecule has 1 aromatic carbocycles. The van der Waals surface area contributed by atoms with Crippen molar-refractivity contribution < 1.29 is 14.7 Å². The van der Waals surface area contributed by atoms with Crippen LogP contribution < -0.4 is 5.32 Å². The highest BCUT2D eigenvalue weighted by atomic mass is 16.3. The molecule has 2 N–H and O–H groups in total. The first-order chi connectivity index (χ1) is 11.1. The Kier molecular flexibility index (Phi) is 4.81. The number of aromatic hydroxyl groups is 1. The summed E-state index contributed by atoms with van der Waals surface area (Å²) >= 11 is 0. The molecule has 2 amide bonds. The second kappa shape index (κ2) is 7.00. The van der Waals surface area contributed by atoms with Crippen LogP contribution in [0.1, 0.15) is 23.2 Å². The van der Waals surface area contributed by atoms with Gasteiger partial charge >= 0.3 is 0 Å². The average molecular weight is 317 g/mol. The van der Waals surface area contributed by atoms with Gasteiger partial charge in [0.05, 0.1) is 0 Å². The summed E-state index contributed by atoms with van der Waals surface area (Å²) < 4.78 is 0. The molecule has 1 aromatic rings. The fourth-order valence-electron chi connectivity index (χ4n) is 3.24. The van der Waals surface area contributed by atoms with Gasteiger partial charge in [0.2, 0.25) is 5.91 Å². The van der Waals surface area contributed by atoms with Crippen molar-refractivity contribution in [1.29, 1.82) is 0 Å². The minimum atomic E-state index is -0.0426. The van der Waals surface area contributed by atoms with Crippen molar-refractivity contribution in [3.05, 3.63) is 29.8 Å². The molecule has 23 heavy (non-hydrogen) atoms. The third-order valence-corrected chi connectivity index (χ3v) is 4.68. The Bertz CT molecular complexity index is 559. The van der Waals surface area contributed by atoms with E-state index in [9.17, 15) is 14.7 Å². The average Bonchev–Trinajstić information content (AvgIpc) is 2.62. The van der Waals surface area contributed by atoms with Gasteiger partial charge in [0.25, 0.3) is 5.91 Å². The van der Waals surface area contributed by atoms with E-state index in [0.29, 0.717) is 31.7 Å². The van der Waals surface area contributed by atoms with Crippen LogP contribution in [0.15, 0.2) is 24.3 Å². The number of phenols is 1. The van der Waals surface area contributed by atoms with Crippen LogP contribution in [0.3, 0.4) is 0 Å². The van der Waals surface area contributed by atoms with Crippen LogP contribution in [0.5, 0.6) is 5.75 Å². The molecule has 0 atom stereocenters. The van der Waals surface area contributed by atoms with Crippen molar-refractivity contribution >= 4 is 11.8 Å². The molecule has 3 rings (SSSR count).